The van der Waals surface area contributed by atoms with Crippen LogP contribution in [-0.2, 0) is 0 Å². The number of nitrogens with one attached hydrogen (secondary N) is 1. The number of hydrogen-bond acceptors (Lipinski definition) is 3. The van der Waals surface area contributed by atoms with Crippen LogP contribution in [0, 0.1) is 24.0 Å². The fourth-order valence-corrected chi connectivity index (χ4v) is 2.32. The summed E-state index contributed by atoms with van der Waals surface area (Å²) in [6.45, 7) is 6.25. The lowest BCUT2D eigenvalue weighted by atomic mass is 10.00. The van der Waals surface area contributed by atoms with Gasteiger partial charge >= 0.3 is 0 Å². The van der Waals surface area contributed by atoms with E-state index < -0.39 is 4.92 Å². The number of nitrogens with zero attached hydrogens (tertiary/aromatic N) is 1. The van der Waals surface area contributed by atoms with Gasteiger partial charge < -0.3 is 5.32 Å². The SMILES string of the molecule is Cc1ccc(C(C)Nc2ccc([N+](=O)[O-])cc2)c(C)c1. The van der Waals surface area contributed by atoms with Gasteiger partial charge in [0.25, 0.3) is 5.69 Å². The summed E-state index contributed by atoms with van der Waals surface area (Å²) in [7, 11) is 0. The van der Waals surface area contributed by atoms with Crippen LogP contribution < -0.4 is 5.32 Å². The van der Waals surface area contributed by atoms with E-state index in [1.807, 2.05) is 0 Å². The Hall–Kier alpha value is -2.36. The average Bonchev–Trinajstić information content (AvgIpc) is 2.39. The van der Waals surface area contributed by atoms with Crippen LogP contribution in [0.2, 0.25) is 0 Å². The lowest BCUT2D eigenvalue weighted by Gasteiger charge is -2.18. The van der Waals surface area contributed by atoms with Crippen molar-refractivity contribution in [3.8, 4) is 0 Å². The molecule has 104 valence electrons. The van der Waals surface area contributed by atoms with Crippen molar-refractivity contribution in [2.24, 2.45) is 0 Å². The number of anilines is 1. The Kier molecular flexibility index (Phi) is 4.03. The molecule has 0 saturated carbocycles. The normalized spacial score (nSPS) is 11.9. The molecule has 2 rings (SSSR count). The van der Waals surface area contributed by atoms with Crippen LogP contribution in [0.1, 0.15) is 29.7 Å². The molecule has 0 spiro atoms. The summed E-state index contributed by atoms with van der Waals surface area (Å²) >= 11 is 0. The number of hydrogen-bond donors (Lipinski definition) is 1. The number of non-ortho nitro benzene ring substituents is 1. The smallest absolute Gasteiger partial charge is 0.269 e. The van der Waals surface area contributed by atoms with Gasteiger partial charge in [-0.15, -0.1) is 0 Å². The summed E-state index contributed by atoms with van der Waals surface area (Å²) in [4.78, 5) is 10.2. The van der Waals surface area contributed by atoms with Crippen LogP contribution in [0.4, 0.5) is 11.4 Å². The van der Waals surface area contributed by atoms with E-state index in [0.717, 1.165) is 5.69 Å². The van der Waals surface area contributed by atoms with E-state index >= 15 is 0 Å². The molecule has 1 atom stereocenters. The number of aryl methyl sites for hydroxylation is 2. The lowest BCUT2D eigenvalue weighted by molar-refractivity contribution is -0.384. The molecular formula is C16H18N2O2. The number of nitro benzene ring substituents is 1. The van der Waals surface area contributed by atoms with Gasteiger partial charge in [0, 0.05) is 23.9 Å². The fourth-order valence-electron chi connectivity index (χ4n) is 2.32. The molecule has 0 fully saturated rings. The van der Waals surface area contributed by atoms with Gasteiger partial charge in [-0.3, -0.25) is 10.1 Å². The van der Waals surface area contributed by atoms with Crippen molar-refractivity contribution in [1.29, 1.82) is 0 Å². The second-order valence-corrected chi connectivity index (χ2v) is 5.03. The first-order chi connectivity index (χ1) is 9.47. The van der Waals surface area contributed by atoms with Gasteiger partial charge in [-0.05, 0) is 44.0 Å². The van der Waals surface area contributed by atoms with E-state index in [1.54, 1.807) is 12.1 Å². The molecule has 0 aliphatic rings. The predicted molar refractivity (Wildman–Crippen MR) is 81.1 cm³/mol. The zero-order chi connectivity index (χ0) is 14.7. The second kappa shape index (κ2) is 5.74. The largest absolute Gasteiger partial charge is 0.379 e. The summed E-state index contributed by atoms with van der Waals surface area (Å²) in [6.07, 6.45) is 0. The van der Waals surface area contributed by atoms with Crippen molar-refractivity contribution in [3.63, 3.8) is 0 Å². The van der Waals surface area contributed by atoms with Crippen molar-refractivity contribution < 1.29 is 4.92 Å². The molecule has 1 N–H and O–H groups in total. The van der Waals surface area contributed by atoms with Crippen LogP contribution in [-0.4, -0.2) is 4.92 Å². The maximum Gasteiger partial charge on any atom is 0.269 e. The minimum absolute atomic E-state index is 0.106. The van der Waals surface area contributed by atoms with Crippen LogP contribution >= 0.6 is 0 Å². The maximum absolute atomic E-state index is 10.6. The summed E-state index contributed by atoms with van der Waals surface area (Å²) in [5.74, 6) is 0. The average molecular weight is 270 g/mol. The molecule has 0 aliphatic carbocycles. The Morgan fingerprint density at radius 2 is 1.75 bits per heavy atom. The van der Waals surface area contributed by atoms with E-state index in [4.69, 9.17) is 0 Å². The van der Waals surface area contributed by atoms with Gasteiger partial charge in [-0.1, -0.05) is 23.8 Å². The van der Waals surface area contributed by atoms with Crippen LogP contribution in [0.15, 0.2) is 42.5 Å². The summed E-state index contributed by atoms with van der Waals surface area (Å²) < 4.78 is 0. The Bertz CT molecular complexity index is 621. The van der Waals surface area contributed by atoms with E-state index in [0.29, 0.717) is 0 Å². The van der Waals surface area contributed by atoms with Crippen LogP contribution in [0.3, 0.4) is 0 Å². The number of nitro groups is 1. The first-order valence-electron chi connectivity index (χ1n) is 6.55. The topological polar surface area (TPSA) is 55.2 Å². The lowest BCUT2D eigenvalue weighted by Crippen LogP contribution is -2.08. The molecular weight excluding hydrogens is 252 g/mol. The van der Waals surface area contributed by atoms with E-state index in [2.05, 4.69) is 44.3 Å². The Balaban J connectivity index is 2.14. The van der Waals surface area contributed by atoms with Gasteiger partial charge in [0.2, 0.25) is 0 Å². The van der Waals surface area contributed by atoms with Crippen molar-refractivity contribution in [3.05, 3.63) is 69.3 Å². The molecule has 0 bridgehead atoms. The molecule has 4 heteroatoms. The predicted octanol–water partition coefficient (Wildman–Crippen LogP) is 4.38. The summed E-state index contributed by atoms with van der Waals surface area (Å²) in [5.41, 5.74) is 4.70. The molecule has 20 heavy (non-hydrogen) atoms. The van der Waals surface area contributed by atoms with Crippen molar-refractivity contribution >= 4 is 11.4 Å². The molecule has 4 nitrogen and oxygen atoms in total. The van der Waals surface area contributed by atoms with E-state index in [9.17, 15) is 10.1 Å². The highest BCUT2D eigenvalue weighted by Crippen LogP contribution is 2.24. The zero-order valence-corrected chi connectivity index (χ0v) is 11.9. The third-order valence-electron chi connectivity index (χ3n) is 3.35. The first-order valence-corrected chi connectivity index (χ1v) is 6.55. The van der Waals surface area contributed by atoms with Gasteiger partial charge in [0.1, 0.15) is 0 Å². The molecule has 0 saturated heterocycles. The monoisotopic (exact) mass is 270 g/mol. The maximum atomic E-state index is 10.6. The molecule has 0 aromatic heterocycles. The molecule has 0 aliphatic heterocycles. The van der Waals surface area contributed by atoms with Crippen molar-refractivity contribution in [1.82, 2.24) is 0 Å². The molecule has 1 unspecified atom stereocenters. The minimum Gasteiger partial charge on any atom is -0.379 e. The highest BCUT2D eigenvalue weighted by Gasteiger charge is 2.09. The van der Waals surface area contributed by atoms with Gasteiger partial charge in [-0.2, -0.15) is 0 Å². The van der Waals surface area contributed by atoms with Gasteiger partial charge in [0.05, 0.1) is 4.92 Å². The highest BCUT2D eigenvalue weighted by atomic mass is 16.6. The third kappa shape index (κ3) is 3.15. The Labute approximate surface area is 118 Å². The number of rotatable bonds is 4. The molecule has 2 aromatic rings. The summed E-state index contributed by atoms with van der Waals surface area (Å²) in [5, 5.41) is 14.0. The highest BCUT2D eigenvalue weighted by molar-refractivity contribution is 5.50. The Morgan fingerprint density at radius 1 is 1.10 bits per heavy atom. The minimum atomic E-state index is -0.392. The Morgan fingerprint density at radius 3 is 2.30 bits per heavy atom. The van der Waals surface area contributed by atoms with Gasteiger partial charge in [-0.25, -0.2) is 0 Å². The quantitative estimate of drug-likeness (QED) is 0.662. The molecule has 0 amide bonds. The molecule has 0 radical (unpaired) electrons. The summed E-state index contributed by atoms with van der Waals surface area (Å²) in [6, 6.07) is 13.0. The van der Waals surface area contributed by atoms with Gasteiger partial charge in [0.15, 0.2) is 0 Å². The first kappa shape index (κ1) is 14.1. The fraction of sp³-hybridized carbons (Fsp3) is 0.250. The van der Waals surface area contributed by atoms with Crippen LogP contribution in [0.25, 0.3) is 0 Å². The zero-order valence-electron chi connectivity index (χ0n) is 11.9. The number of benzene rings is 2. The third-order valence-corrected chi connectivity index (χ3v) is 3.35. The van der Waals surface area contributed by atoms with E-state index in [1.165, 1.54) is 28.8 Å². The van der Waals surface area contributed by atoms with Crippen molar-refractivity contribution in [2.45, 2.75) is 26.8 Å². The molecule has 2 aromatic carbocycles. The van der Waals surface area contributed by atoms with Crippen molar-refractivity contribution in [2.75, 3.05) is 5.32 Å². The van der Waals surface area contributed by atoms with Crippen LogP contribution in [0.5, 0.6) is 0 Å². The van der Waals surface area contributed by atoms with E-state index in [-0.39, 0.29) is 11.7 Å². The molecule has 0 heterocycles. The second-order valence-electron chi connectivity index (χ2n) is 5.03. The standard InChI is InChI=1S/C16H18N2O2/c1-11-4-9-16(12(2)10-11)13(3)17-14-5-7-15(8-6-14)18(19)20/h4-10,13,17H,1-3H3.